The molecule has 1 saturated heterocycles. The van der Waals surface area contributed by atoms with Crippen molar-refractivity contribution in [2.45, 2.75) is 26.7 Å². The lowest BCUT2D eigenvalue weighted by molar-refractivity contribution is 0.296. The summed E-state index contributed by atoms with van der Waals surface area (Å²) < 4.78 is 0. The van der Waals surface area contributed by atoms with Crippen LogP contribution in [0.2, 0.25) is 0 Å². The van der Waals surface area contributed by atoms with Gasteiger partial charge >= 0.3 is 0 Å². The Morgan fingerprint density at radius 3 is 2.40 bits per heavy atom. The average molecular weight is 348 g/mol. The quantitative estimate of drug-likeness (QED) is 0.434. The lowest BCUT2D eigenvalue weighted by Crippen LogP contribution is -2.53. The Balaban J connectivity index is 1.68. The molecule has 1 aliphatic heterocycles. The van der Waals surface area contributed by atoms with Crippen molar-refractivity contribution in [3.8, 4) is 0 Å². The summed E-state index contributed by atoms with van der Waals surface area (Å²) in [6.07, 6.45) is 6.00. The summed E-state index contributed by atoms with van der Waals surface area (Å²) in [6.45, 7) is 12.6. The van der Waals surface area contributed by atoms with Gasteiger partial charge in [-0.25, -0.2) is 9.97 Å². The average Bonchev–Trinajstić information content (AvgIpc) is 2.68. The molecule has 1 aromatic heterocycles. The number of nitrogens with zero attached hydrogens (tertiary/aromatic N) is 6. The summed E-state index contributed by atoms with van der Waals surface area (Å²) in [5, 5.41) is 3.51. The number of aliphatic imine (C=N–C) groups is 1. The number of rotatable bonds is 8. The number of nitrogens with one attached hydrogen (secondary N) is 1. The van der Waals surface area contributed by atoms with Gasteiger partial charge in [-0.3, -0.25) is 4.99 Å². The van der Waals surface area contributed by atoms with Crippen molar-refractivity contribution in [1.29, 1.82) is 0 Å². The van der Waals surface area contributed by atoms with Gasteiger partial charge < -0.3 is 20.0 Å². The highest BCUT2D eigenvalue weighted by Gasteiger charge is 2.20. The molecule has 1 fully saturated rings. The van der Waals surface area contributed by atoms with Crippen LogP contribution in [0.5, 0.6) is 0 Å². The van der Waals surface area contributed by atoms with Crippen LogP contribution in [0, 0.1) is 0 Å². The summed E-state index contributed by atoms with van der Waals surface area (Å²) in [5.74, 6) is 1.83. The predicted octanol–water partition coefficient (Wildman–Crippen LogP) is 1.30. The van der Waals surface area contributed by atoms with Gasteiger partial charge in [-0.05, 0) is 38.5 Å². The number of hydrogen-bond donors (Lipinski definition) is 1. The third-order valence-electron chi connectivity index (χ3n) is 4.70. The minimum absolute atomic E-state index is 0.821. The molecule has 2 heterocycles. The van der Waals surface area contributed by atoms with Gasteiger partial charge in [-0.15, -0.1) is 0 Å². The fourth-order valence-corrected chi connectivity index (χ4v) is 3.11. The van der Waals surface area contributed by atoms with Crippen LogP contribution in [-0.4, -0.2) is 85.1 Å². The zero-order valence-corrected chi connectivity index (χ0v) is 16.0. The first-order valence-electron chi connectivity index (χ1n) is 9.48. The molecule has 0 aromatic carbocycles. The fourth-order valence-electron chi connectivity index (χ4n) is 3.11. The summed E-state index contributed by atoms with van der Waals surface area (Å²) in [6, 6.07) is 1.85. The second kappa shape index (κ2) is 10.9. The van der Waals surface area contributed by atoms with Crippen molar-refractivity contribution in [3.05, 3.63) is 18.5 Å². The Hall–Kier alpha value is -1.89. The monoisotopic (exact) mass is 347 g/mol. The van der Waals surface area contributed by atoms with E-state index in [1.165, 1.54) is 19.4 Å². The van der Waals surface area contributed by atoms with E-state index in [0.29, 0.717) is 0 Å². The highest BCUT2D eigenvalue weighted by atomic mass is 15.4. The van der Waals surface area contributed by atoms with E-state index in [2.05, 4.69) is 48.8 Å². The minimum atomic E-state index is 0.821. The van der Waals surface area contributed by atoms with Gasteiger partial charge in [0.05, 0.1) is 0 Å². The van der Waals surface area contributed by atoms with E-state index >= 15 is 0 Å². The molecule has 0 amide bonds. The number of unbranched alkanes of at least 4 members (excludes halogenated alkanes) is 1. The van der Waals surface area contributed by atoms with Crippen molar-refractivity contribution in [2.24, 2.45) is 4.99 Å². The minimum Gasteiger partial charge on any atom is -0.356 e. The largest absolute Gasteiger partial charge is 0.356 e. The van der Waals surface area contributed by atoms with Gasteiger partial charge in [0.15, 0.2) is 5.96 Å². The molecular weight excluding hydrogens is 314 g/mol. The zero-order chi connectivity index (χ0) is 17.9. The highest BCUT2D eigenvalue weighted by Crippen LogP contribution is 2.09. The Bertz CT molecular complexity index is 493. The molecule has 2 rings (SSSR count). The molecule has 25 heavy (non-hydrogen) atoms. The normalized spacial score (nSPS) is 15.8. The van der Waals surface area contributed by atoms with Crippen molar-refractivity contribution in [3.63, 3.8) is 0 Å². The Morgan fingerprint density at radius 1 is 1.12 bits per heavy atom. The van der Waals surface area contributed by atoms with Gasteiger partial charge in [-0.1, -0.05) is 13.8 Å². The summed E-state index contributed by atoms with van der Waals surface area (Å²) in [4.78, 5) is 20.1. The lowest BCUT2D eigenvalue weighted by Gasteiger charge is -2.36. The molecule has 0 radical (unpaired) electrons. The van der Waals surface area contributed by atoms with Gasteiger partial charge in [0.1, 0.15) is 0 Å². The molecule has 7 nitrogen and oxygen atoms in total. The molecule has 0 bridgehead atoms. The van der Waals surface area contributed by atoms with Crippen LogP contribution in [0.4, 0.5) is 5.95 Å². The summed E-state index contributed by atoms with van der Waals surface area (Å²) in [5.41, 5.74) is 0. The van der Waals surface area contributed by atoms with E-state index in [0.717, 1.165) is 57.7 Å². The number of hydrogen-bond acceptors (Lipinski definition) is 5. The second-order valence-electron chi connectivity index (χ2n) is 6.23. The molecule has 7 heteroatoms. The van der Waals surface area contributed by atoms with Crippen LogP contribution in [0.15, 0.2) is 23.5 Å². The second-order valence-corrected chi connectivity index (χ2v) is 6.23. The molecule has 0 spiro atoms. The molecular formula is C18H33N7. The molecule has 0 atom stereocenters. The number of anilines is 1. The maximum atomic E-state index is 4.45. The first-order chi connectivity index (χ1) is 12.3. The number of piperazine rings is 1. The molecule has 0 saturated carbocycles. The number of guanidine groups is 1. The van der Waals surface area contributed by atoms with Crippen LogP contribution < -0.4 is 10.2 Å². The smallest absolute Gasteiger partial charge is 0.225 e. The van der Waals surface area contributed by atoms with E-state index in [9.17, 15) is 0 Å². The van der Waals surface area contributed by atoms with E-state index in [4.69, 9.17) is 0 Å². The van der Waals surface area contributed by atoms with E-state index in [1.807, 2.05) is 13.1 Å². The molecule has 140 valence electrons. The van der Waals surface area contributed by atoms with Crippen LogP contribution in [0.3, 0.4) is 0 Å². The highest BCUT2D eigenvalue weighted by molar-refractivity contribution is 5.80. The molecule has 0 unspecified atom stereocenters. The Kier molecular flexibility index (Phi) is 8.45. The lowest BCUT2D eigenvalue weighted by atomic mass is 10.3. The third-order valence-corrected chi connectivity index (χ3v) is 4.70. The van der Waals surface area contributed by atoms with Crippen LogP contribution in [0.25, 0.3) is 0 Å². The summed E-state index contributed by atoms with van der Waals surface area (Å²) in [7, 11) is 1.87. The third kappa shape index (κ3) is 6.16. The van der Waals surface area contributed by atoms with E-state index in [-0.39, 0.29) is 0 Å². The van der Waals surface area contributed by atoms with Crippen molar-refractivity contribution in [2.75, 3.05) is 64.3 Å². The molecule has 0 aliphatic carbocycles. The maximum absolute atomic E-state index is 4.45. The standard InChI is InChI=1S/C18H33N7/c1-4-23(5-2)12-7-6-9-20-17(19-3)24-13-15-25(16-14-24)18-21-10-8-11-22-18/h8,10-11H,4-7,9,12-16H2,1-3H3,(H,19,20). The molecule has 1 N–H and O–H groups in total. The van der Waals surface area contributed by atoms with Crippen LogP contribution in [0.1, 0.15) is 26.7 Å². The summed E-state index contributed by atoms with van der Waals surface area (Å²) >= 11 is 0. The topological polar surface area (TPSA) is 59.9 Å². The maximum Gasteiger partial charge on any atom is 0.225 e. The van der Waals surface area contributed by atoms with Crippen molar-refractivity contribution >= 4 is 11.9 Å². The van der Waals surface area contributed by atoms with Gasteiger partial charge in [-0.2, -0.15) is 0 Å². The van der Waals surface area contributed by atoms with E-state index < -0.39 is 0 Å². The van der Waals surface area contributed by atoms with Gasteiger partial charge in [0.25, 0.3) is 0 Å². The molecule has 1 aliphatic rings. The van der Waals surface area contributed by atoms with E-state index in [1.54, 1.807) is 12.4 Å². The number of aromatic nitrogens is 2. The Labute approximate surface area is 152 Å². The SMILES string of the molecule is CCN(CC)CCCCNC(=NC)N1CCN(c2ncccn2)CC1. The molecule has 1 aromatic rings. The zero-order valence-electron chi connectivity index (χ0n) is 16.0. The van der Waals surface area contributed by atoms with Crippen molar-refractivity contribution in [1.82, 2.24) is 25.1 Å². The van der Waals surface area contributed by atoms with Crippen LogP contribution in [-0.2, 0) is 0 Å². The first-order valence-corrected chi connectivity index (χ1v) is 9.48. The van der Waals surface area contributed by atoms with Gasteiger partial charge in [0, 0.05) is 52.2 Å². The van der Waals surface area contributed by atoms with Crippen LogP contribution >= 0.6 is 0 Å². The fraction of sp³-hybridized carbons (Fsp3) is 0.722. The van der Waals surface area contributed by atoms with Gasteiger partial charge in [0.2, 0.25) is 5.95 Å². The van der Waals surface area contributed by atoms with Crippen molar-refractivity contribution < 1.29 is 0 Å². The first kappa shape index (κ1) is 19.4. The Morgan fingerprint density at radius 2 is 1.80 bits per heavy atom. The predicted molar refractivity (Wildman–Crippen MR) is 104 cm³/mol.